The number of halogens is 2. The van der Waals surface area contributed by atoms with E-state index in [0.717, 1.165) is 23.8 Å². The number of rotatable bonds is 11. The maximum absolute atomic E-state index is 14.4. The number of amides is 1. The van der Waals surface area contributed by atoms with Crippen LogP contribution in [0.2, 0.25) is 0 Å². The second kappa shape index (κ2) is 11.4. The minimum Gasteiger partial charge on any atom is -0.383 e. The van der Waals surface area contributed by atoms with Crippen molar-refractivity contribution in [3.05, 3.63) is 84.2 Å². The highest BCUT2D eigenvalue weighted by Gasteiger charge is 2.31. The van der Waals surface area contributed by atoms with Crippen LogP contribution in [0, 0.1) is 23.5 Å². The molecule has 0 aliphatic heterocycles. The number of nitrogens with zero attached hydrogens (tertiary/aromatic N) is 2. The predicted octanol–water partition coefficient (Wildman–Crippen LogP) is 3.94. The van der Waals surface area contributed by atoms with Gasteiger partial charge in [0.05, 0.1) is 17.7 Å². The number of hydrogen-bond acceptors (Lipinski definition) is 4. The first-order valence-corrected chi connectivity index (χ1v) is 11.1. The van der Waals surface area contributed by atoms with E-state index in [1.54, 1.807) is 33.6 Å². The molecule has 2 aromatic carbocycles. The summed E-state index contributed by atoms with van der Waals surface area (Å²) in [4.78, 5) is 17.5. The monoisotopic (exact) mass is 469 g/mol. The van der Waals surface area contributed by atoms with Gasteiger partial charge < -0.3 is 20.4 Å². The number of carbonyl (C=O) groups excluding carboxylic acids is 1. The number of hydrogen-bond donors (Lipinski definition) is 2. The van der Waals surface area contributed by atoms with E-state index < -0.39 is 17.0 Å². The first kappa shape index (κ1) is 25.5. The van der Waals surface area contributed by atoms with E-state index in [1.165, 1.54) is 0 Å². The Bertz CT molecular complexity index is 1100. The lowest BCUT2D eigenvalue weighted by Crippen LogP contribution is -2.40. The first-order chi connectivity index (χ1) is 16.2. The second-order valence-corrected chi connectivity index (χ2v) is 8.85. The maximum Gasteiger partial charge on any atom is 0.226 e. The fraction of sp³-hybridized carbons (Fsp3) is 0.346. The van der Waals surface area contributed by atoms with Gasteiger partial charge in [0, 0.05) is 44.4 Å². The van der Waals surface area contributed by atoms with Crippen molar-refractivity contribution in [2.24, 2.45) is 11.1 Å². The SMILES string of the molecule is COC[C@H](N)CCNC(=O)C(C)(C)[CH]c1nc(-c2cc(F)ccc2F)cn1Cc1ccccc1. The molecular weight excluding hydrogens is 438 g/mol. The normalized spacial score (nSPS) is 12.5. The summed E-state index contributed by atoms with van der Waals surface area (Å²) in [5.41, 5.74) is 6.38. The molecule has 3 aromatic rings. The van der Waals surface area contributed by atoms with E-state index in [-0.39, 0.29) is 17.5 Å². The van der Waals surface area contributed by atoms with E-state index in [0.29, 0.717) is 37.6 Å². The van der Waals surface area contributed by atoms with Crippen LogP contribution in [0.1, 0.15) is 31.7 Å². The van der Waals surface area contributed by atoms with Gasteiger partial charge in [0.1, 0.15) is 17.5 Å². The van der Waals surface area contributed by atoms with Gasteiger partial charge in [-0.1, -0.05) is 44.2 Å². The van der Waals surface area contributed by atoms with Crippen LogP contribution in [0.25, 0.3) is 11.3 Å². The number of methoxy groups -OCH3 is 1. The van der Waals surface area contributed by atoms with Crippen LogP contribution in [0.3, 0.4) is 0 Å². The first-order valence-electron chi connectivity index (χ1n) is 11.1. The molecule has 1 atom stereocenters. The number of aromatic nitrogens is 2. The standard InChI is InChI=1S/C26H31F2N4O2/c1-26(2,25(33)30-12-11-20(29)17-34-3)14-24-31-23(21-13-19(27)9-10-22(21)28)16-32(24)15-18-7-5-4-6-8-18/h4-10,13-14,16,20H,11-12,15,17,29H2,1-3H3,(H,30,33)/t20-/m1/s1. The Balaban J connectivity index is 1.84. The fourth-order valence-corrected chi connectivity index (χ4v) is 3.56. The Morgan fingerprint density at radius 1 is 1.24 bits per heavy atom. The average molecular weight is 470 g/mol. The highest BCUT2D eigenvalue weighted by molar-refractivity contribution is 5.83. The van der Waals surface area contributed by atoms with E-state index in [4.69, 9.17) is 10.5 Å². The zero-order chi connectivity index (χ0) is 24.7. The van der Waals surface area contributed by atoms with E-state index in [1.807, 2.05) is 34.9 Å². The van der Waals surface area contributed by atoms with Gasteiger partial charge in [-0.05, 0) is 30.2 Å². The summed E-state index contributed by atoms with van der Waals surface area (Å²) in [5.74, 6) is -0.823. The Hall–Kier alpha value is -3.10. The summed E-state index contributed by atoms with van der Waals surface area (Å²) < 4.78 is 35.1. The van der Waals surface area contributed by atoms with Crippen LogP contribution in [0.5, 0.6) is 0 Å². The minimum absolute atomic E-state index is 0.0656. The predicted molar refractivity (Wildman–Crippen MR) is 128 cm³/mol. The maximum atomic E-state index is 14.4. The molecule has 6 nitrogen and oxygen atoms in total. The second-order valence-electron chi connectivity index (χ2n) is 8.85. The minimum atomic E-state index is -0.914. The fourth-order valence-electron chi connectivity index (χ4n) is 3.56. The van der Waals surface area contributed by atoms with Crippen LogP contribution in [0.4, 0.5) is 8.78 Å². The van der Waals surface area contributed by atoms with Crippen LogP contribution < -0.4 is 11.1 Å². The molecule has 0 fully saturated rings. The van der Waals surface area contributed by atoms with Gasteiger partial charge in [0.25, 0.3) is 0 Å². The Labute approximate surface area is 199 Å². The molecular formula is C26H31F2N4O2. The molecule has 0 aliphatic rings. The van der Waals surface area contributed by atoms with Crippen LogP contribution >= 0.6 is 0 Å². The van der Waals surface area contributed by atoms with E-state index >= 15 is 0 Å². The third-order valence-electron chi connectivity index (χ3n) is 5.46. The molecule has 0 bridgehead atoms. The zero-order valence-corrected chi connectivity index (χ0v) is 19.7. The van der Waals surface area contributed by atoms with Crippen molar-refractivity contribution in [2.75, 3.05) is 20.3 Å². The lowest BCUT2D eigenvalue weighted by molar-refractivity contribution is -0.127. The summed E-state index contributed by atoms with van der Waals surface area (Å²) in [5, 5.41) is 2.90. The third kappa shape index (κ3) is 6.71. The van der Waals surface area contributed by atoms with Crippen molar-refractivity contribution in [1.82, 2.24) is 14.9 Å². The van der Waals surface area contributed by atoms with Crippen molar-refractivity contribution >= 4 is 5.91 Å². The highest BCUT2D eigenvalue weighted by Crippen LogP contribution is 2.29. The van der Waals surface area contributed by atoms with E-state index in [9.17, 15) is 13.6 Å². The van der Waals surface area contributed by atoms with Crippen molar-refractivity contribution in [3.8, 4) is 11.3 Å². The van der Waals surface area contributed by atoms with Crippen molar-refractivity contribution in [1.29, 1.82) is 0 Å². The molecule has 1 radical (unpaired) electrons. The molecule has 0 spiro atoms. The topological polar surface area (TPSA) is 82.2 Å². The molecule has 34 heavy (non-hydrogen) atoms. The summed E-state index contributed by atoms with van der Waals surface area (Å²) in [6.07, 6.45) is 4.00. The largest absolute Gasteiger partial charge is 0.383 e. The van der Waals surface area contributed by atoms with Gasteiger partial charge in [-0.25, -0.2) is 13.8 Å². The van der Waals surface area contributed by atoms with Gasteiger partial charge in [-0.3, -0.25) is 4.79 Å². The summed E-state index contributed by atoms with van der Waals surface area (Å²) >= 11 is 0. The molecule has 0 unspecified atom stereocenters. The number of nitrogens with two attached hydrogens (primary N) is 1. The van der Waals surface area contributed by atoms with Crippen LogP contribution in [0.15, 0.2) is 54.7 Å². The lowest BCUT2D eigenvalue weighted by atomic mass is 9.87. The number of benzene rings is 2. The van der Waals surface area contributed by atoms with Crippen molar-refractivity contribution < 1.29 is 18.3 Å². The third-order valence-corrected chi connectivity index (χ3v) is 5.46. The van der Waals surface area contributed by atoms with Gasteiger partial charge in [-0.15, -0.1) is 0 Å². The van der Waals surface area contributed by atoms with Crippen LogP contribution in [-0.4, -0.2) is 41.8 Å². The molecule has 3 N–H and O–H groups in total. The molecule has 1 aromatic heterocycles. The summed E-state index contributed by atoms with van der Waals surface area (Å²) in [6, 6.07) is 12.8. The molecule has 0 aliphatic carbocycles. The quantitative estimate of drug-likeness (QED) is 0.446. The summed E-state index contributed by atoms with van der Waals surface area (Å²) in [6.45, 7) is 4.85. The number of nitrogens with one attached hydrogen (secondary N) is 1. The Morgan fingerprint density at radius 3 is 2.68 bits per heavy atom. The number of imidazole rings is 1. The molecule has 1 amide bonds. The Kier molecular flexibility index (Phi) is 8.52. The van der Waals surface area contributed by atoms with Crippen molar-refractivity contribution in [3.63, 3.8) is 0 Å². The lowest BCUT2D eigenvalue weighted by Gasteiger charge is -2.24. The highest BCUT2D eigenvalue weighted by atomic mass is 19.1. The molecule has 0 saturated carbocycles. The number of carbonyl (C=O) groups is 1. The van der Waals surface area contributed by atoms with Crippen molar-refractivity contribution in [2.45, 2.75) is 32.9 Å². The van der Waals surface area contributed by atoms with Gasteiger partial charge in [0.2, 0.25) is 5.91 Å². The van der Waals surface area contributed by atoms with Gasteiger partial charge in [0.15, 0.2) is 0 Å². The molecule has 0 saturated heterocycles. The van der Waals surface area contributed by atoms with Gasteiger partial charge in [-0.2, -0.15) is 0 Å². The number of ether oxygens (including phenoxy) is 1. The zero-order valence-electron chi connectivity index (χ0n) is 19.7. The molecule has 1 heterocycles. The van der Waals surface area contributed by atoms with Gasteiger partial charge >= 0.3 is 0 Å². The smallest absolute Gasteiger partial charge is 0.226 e. The molecule has 8 heteroatoms. The van der Waals surface area contributed by atoms with Crippen LogP contribution in [-0.2, 0) is 16.1 Å². The average Bonchev–Trinajstić information content (AvgIpc) is 3.17. The summed E-state index contributed by atoms with van der Waals surface area (Å²) in [7, 11) is 1.58. The molecule has 3 rings (SSSR count). The van der Waals surface area contributed by atoms with E-state index in [2.05, 4.69) is 10.3 Å². The molecule has 181 valence electrons. The Morgan fingerprint density at radius 2 is 1.97 bits per heavy atom.